The van der Waals surface area contributed by atoms with Crippen LogP contribution in [0.15, 0.2) is 30.5 Å². The first-order chi connectivity index (χ1) is 7.74. The minimum atomic E-state index is 0.127. The van der Waals surface area contributed by atoms with Crippen molar-refractivity contribution in [2.24, 2.45) is 0 Å². The molecule has 0 radical (unpaired) electrons. The van der Waals surface area contributed by atoms with Gasteiger partial charge in [0.15, 0.2) is 0 Å². The van der Waals surface area contributed by atoms with Crippen molar-refractivity contribution < 1.29 is 5.11 Å². The Morgan fingerprint density at radius 2 is 1.94 bits per heavy atom. The molecule has 0 amide bonds. The lowest BCUT2D eigenvalue weighted by Crippen LogP contribution is -1.92. The monoisotopic (exact) mass is 217 g/mol. The Kier molecular flexibility index (Phi) is 3.10. The van der Waals surface area contributed by atoms with Crippen LogP contribution in [0.25, 0.3) is 0 Å². The van der Waals surface area contributed by atoms with Crippen LogP contribution in [0.4, 0.5) is 5.69 Å². The van der Waals surface area contributed by atoms with Gasteiger partial charge in [-0.3, -0.25) is 0 Å². The summed E-state index contributed by atoms with van der Waals surface area (Å²) in [5.74, 6) is 0.954. The van der Waals surface area contributed by atoms with Crippen LogP contribution in [0.1, 0.15) is 17.8 Å². The van der Waals surface area contributed by atoms with Gasteiger partial charge in [-0.25, -0.2) is 4.98 Å². The highest BCUT2D eigenvalue weighted by atomic mass is 16.3. The van der Waals surface area contributed by atoms with Gasteiger partial charge in [-0.1, -0.05) is 12.1 Å². The van der Waals surface area contributed by atoms with Crippen LogP contribution in [-0.2, 0) is 12.8 Å². The lowest BCUT2D eigenvalue weighted by Gasteiger charge is -2.00. The fraction of sp³-hybridized carbons (Fsp3) is 0.250. The summed E-state index contributed by atoms with van der Waals surface area (Å²) in [6.07, 6.45) is 4.25. The van der Waals surface area contributed by atoms with Crippen molar-refractivity contribution >= 4 is 5.69 Å². The predicted octanol–water partition coefficient (Wildman–Crippen LogP) is 1.87. The van der Waals surface area contributed by atoms with E-state index in [0.29, 0.717) is 0 Å². The van der Waals surface area contributed by atoms with Gasteiger partial charge in [-0.15, -0.1) is 0 Å². The number of H-pyrrole nitrogens is 1. The van der Waals surface area contributed by atoms with Crippen molar-refractivity contribution in [3.05, 3.63) is 41.9 Å². The summed E-state index contributed by atoms with van der Waals surface area (Å²) < 4.78 is 0. The van der Waals surface area contributed by atoms with E-state index in [1.165, 1.54) is 11.8 Å². The zero-order valence-electron chi connectivity index (χ0n) is 8.98. The van der Waals surface area contributed by atoms with E-state index in [1.807, 2.05) is 24.3 Å². The van der Waals surface area contributed by atoms with Crippen LogP contribution in [0, 0.1) is 0 Å². The molecule has 4 heteroatoms. The molecule has 0 atom stereocenters. The maximum atomic E-state index is 9.07. The van der Waals surface area contributed by atoms with Crippen molar-refractivity contribution in [2.45, 2.75) is 19.3 Å². The lowest BCUT2D eigenvalue weighted by atomic mass is 10.1. The SMILES string of the molecule is Nc1ccc(CCCc2ncc(O)[nH]2)cc1. The standard InChI is InChI=1S/C12H15N3O/c13-10-6-4-9(5-7-10)2-1-3-11-14-8-12(16)15-11/h4-8,16H,1-3,13H2,(H,14,15). The molecule has 0 aliphatic carbocycles. The molecule has 0 spiro atoms. The van der Waals surface area contributed by atoms with Crippen molar-refractivity contribution in [1.82, 2.24) is 9.97 Å². The third kappa shape index (κ3) is 2.76. The van der Waals surface area contributed by atoms with Gasteiger partial charge in [0, 0.05) is 12.1 Å². The molecule has 0 fully saturated rings. The van der Waals surface area contributed by atoms with Crippen LogP contribution in [0.3, 0.4) is 0 Å². The number of hydrogen-bond donors (Lipinski definition) is 3. The fourth-order valence-corrected chi connectivity index (χ4v) is 1.62. The third-order valence-electron chi connectivity index (χ3n) is 2.47. The van der Waals surface area contributed by atoms with Crippen LogP contribution >= 0.6 is 0 Å². The molecule has 16 heavy (non-hydrogen) atoms. The summed E-state index contributed by atoms with van der Waals surface area (Å²) >= 11 is 0. The molecule has 4 N–H and O–H groups in total. The van der Waals surface area contributed by atoms with E-state index < -0.39 is 0 Å². The van der Waals surface area contributed by atoms with Crippen LogP contribution in [0.5, 0.6) is 5.88 Å². The molecule has 0 bridgehead atoms. The molecular weight excluding hydrogens is 202 g/mol. The summed E-state index contributed by atoms with van der Waals surface area (Å²) in [5, 5.41) is 9.07. The summed E-state index contributed by atoms with van der Waals surface area (Å²) in [6.45, 7) is 0. The lowest BCUT2D eigenvalue weighted by molar-refractivity contribution is 0.455. The number of anilines is 1. The number of aromatic nitrogens is 2. The number of nitrogens with one attached hydrogen (secondary N) is 1. The van der Waals surface area contributed by atoms with Gasteiger partial charge in [0.2, 0.25) is 5.88 Å². The fourth-order valence-electron chi connectivity index (χ4n) is 1.62. The minimum Gasteiger partial charge on any atom is -0.493 e. The molecule has 1 heterocycles. The largest absolute Gasteiger partial charge is 0.493 e. The van der Waals surface area contributed by atoms with Crippen molar-refractivity contribution in [2.75, 3.05) is 5.73 Å². The molecule has 84 valence electrons. The molecular formula is C12H15N3O. The van der Waals surface area contributed by atoms with E-state index >= 15 is 0 Å². The number of aryl methyl sites for hydroxylation is 2. The topological polar surface area (TPSA) is 74.9 Å². The van der Waals surface area contributed by atoms with Gasteiger partial charge in [0.25, 0.3) is 0 Å². The van der Waals surface area contributed by atoms with Gasteiger partial charge in [-0.05, 0) is 30.5 Å². The molecule has 0 aliphatic heterocycles. The number of imidazole rings is 1. The first-order valence-corrected chi connectivity index (χ1v) is 5.31. The highest BCUT2D eigenvalue weighted by molar-refractivity contribution is 5.39. The van der Waals surface area contributed by atoms with E-state index in [4.69, 9.17) is 10.8 Å². The van der Waals surface area contributed by atoms with E-state index in [2.05, 4.69) is 9.97 Å². The zero-order chi connectivity index (χ0) is 11.4. The number of nitrogens with zero attached hydrogens (tertiary/aromatic N) is 1. The average Bonchev–Trinajstić information content (AvgIpc) is 2.67. The van der Waals surface area contributed by atoms with Crippen LogP contribution in [0.2, 0.25) is 0 Å². The first-order valence-electron chi connectivity index (χ1n) is 5.31. The molecule has 1 aromatic carbocycles. The summed E-state index contributed by atoms with van der Waals surface area (Å²) in [7, 11) is 0. The Morgan fingerprint density at radius 1 is 1.19 bits per heavy atom. The average molecular weight is 217 g/mol. The van der Waals surface area contributed by atoms with E-state index in [-0.39, 0.29) is 5.88 Å². The highest BCUT2D eigenvalue weighted by Crippen LogP contribution is 2.10. The Bertz CT molecular complexity index is 448. The Morgan fingerprint density at radius 3 is 2.56 bits per heavy atom. The van der Waals surface area contributed by atoms with Crippen LogP contribution < -0.4 is 5.73 Å². The number of aromatic amines is 1. The van der Waals surface area contributed by atoms with Crippen LogP contribution in [-0.4, -0.2) is 15.1 Å². The summed E-state index contributed by atoms with van der Waals surface area (Å²) in [5.41, 5.74) is 7.67. The minimum absolute atomic E-state index is 0.127. The highest BCUT2D eigenvalue weighted by Gasteiger charge is 1.99. The second-order valence-electron chi connectivity index (χ2n) is 3.81. The van der Waals surface area contributed by atoms with Gasteiger partial charge < -0.3 is 15.8 Å². The molecule has 0 saturated heterocycles. The number of benzene rings is 1. The number of hydrogen-bond acceptors (Lipinski definition) is 3. The summed E-state index contributed by atoms with van der Waals surface area (Å²) in [4.78, 5) is 6.83. The molecule has 4 nitrogen and oxygen atoms in total. The predicted molar refractivity (Wildman–Crippen MR) is 63.1 cm³/mol. The first kappa shape index (κ1) is 10.5. The Labute approximate surface area is 94.1 Å². The van der Waals surface area contributed by atoms with E-state index in [1.54, 1.807) is 0 Å². The normalized spacial score (nSPS) is 10.5. The van der Waals surface area contributed by atoms with Crippen molar-refractivity contribution in [3.63, 3.8) is 0 Å². The molecule has 0 unspecified atom stereocenters. The van der Waals surface area contributed by atoms with E-state index in [0.717, 1.165) is 30.8 Å². The molecule has 1 aromatic heterocycles. The third-order valence-corrected chi connectivity index (χ3v) is 2.47. The Balaban J connectivity index is 1.82. The maximum absolute atomic E-state index is 9.07. The number of nitrogens with two attached hydrogens (primary N) is 1. The molecule has 0 aliphatic rings. The number of nitrogen functional groups attached to an aromatic ring is 1. The van der Waals surface area contributed by atoms with Gasteiger partial charge in [0.1, 0.15) is 5.82 Å². The molecule has 2 rings (SSSR count). The van der Waals surface area contributed by atoms with Crippen molar-refractivity contribution in [1.29, 1.82) is 0 Å². The van der Waals surface area contributed by atoms with Gasteiger partial charge in [-0.2, -0.15) is 0 Å². The van der Waals surface area contributed by atoms with Crippen molar-refractivity contribution in [3.8, 4) is 5.88 Å². The second-order valence-corrected chi connectivity index (χ2v) is 3.81. The number of rotatable bonds is 4. The van der Waals surface area contributed by atoms with Gasteiger partial charge in [0.05, 0.1) is 6.20 Å². The maximum Gasteiger partial charge on any atom is 0.208 e. The van der Waals surface area contributed by atoms with E-state index in [9.17, 15) is 0 Å². The molecule has 2 aromatic rings. The number of aromatic hydroxyl groups is 1. The summed E-state index contributed by atoms with van der Waals surface area (Å²) in [6, 6.07) is 7.89. The smallest absolute Gasteiger partial charge is 0.208 e. The quantitative estimate of drug-likeness (QED) is 0.684. The molecule has 0 saturated carbocycles. The van der Waals surface area contributed by atoms with Gasteiger partial charge >= 0.3 is 0 Å². The Hall–Kier alpha value is -1.97. The zero-order valence-corrected chi connectivity index (χ0v) is 8.98. The second kappa shape index (κ2) is 4.70.